The summed E-state index contributed by atoms with van der Waals surface area (Å²) in [7, 11) is 0. The van der Waals surface area contributed by atoms with Gasteiger partial charge in [0.2, 0.25) is 0 Å². The van der Waals surface area contributed by atoms with Crippen molar-refractivity contribution in [3.05, 3.63) is 51.0 Å². The molecule has 5 heteroatoms. The number of rotatable bonds is 4. The first kappa shape index (κ1) is 13.8. The van der Waals surface area contributed by atoms with Crippen molar-refractivity contribution in [3.63, 3.8) is 0 Å². The van der Waals surface area contributed by atoms with Crippen molar-refractivity contribution in [2.24, 2.45) is 0 Å². The van der Waals surface area contributed by atoms with Crippen LogP contribution in [0.3, 0.4) is 0 Å². The molecule has 0 radical (unpaired) electrons. The number of aromatic nitrogens is 1. The lowest BCUT2D eigenvalue weighted by Crippen LogP contribution is -2.07. The summed E-state index contributed by atoms with van der Waals surface area (Å²) in [6, 6.07) is 3.15. The molecule has 0 unspecified atom stereocenters. The van der Waals surface area contributed by atoms with Crippen LogP contribution in [0.25, 0.3) is 0 Å². The van der Waals surface area contributed by atoms with Crippen LogP contribution in [0, 0.1) is 25.5 Å². The topological polar surface area (TPSA) is 30.0 Å². The number of hydrogen-bond donors (Lipinski definition) is 0. The van der Waals surface area contributed by atoms with E-state index in [2.05, 4.69) is 4.98 Å². The van der Waals surface area contributed by atoms with E-state index in [0.717, 1.165) is 21.6 Å². The maximum atomic E-state index is 13.0. The molecule has 0 saturated carbocycles. The van der Waals surface area contributed by atoms with Crippen LogP contribution >= 0.6 is 11.3 Å². The minimum absolute atomic E-state index is 0.0202. The van der Waals surface area contributed by atoms with E-state index in [1.165, 1.54) is 23.5 Å². The van der Waals surface area contributed by atoms with E-state index >= 15 is 0 Å². The third-order valence-electron chi connectivity index (χ3n) is 2.74. The summed E-state index contributed by atoms with van der Waals surface area (Å²) in [5, 5.41) is 0.747. The molecule has 0 saturated heterocycles. The highest BCUT2D eigenvalue weighted by atomic mass is 32.1. The number of hydrogen-bond acceptors (Lipinski definition) is 3. The molecule has 1 aromatic carbocycles. The van der Waals surface area contributed by atoms with Crippen LogP contribution in [-0.4, -0.2) is 10.8 Å². The van der Waals surface area contributed by atoms with Gasteiger partial charge in [-0.2, -0.15) is 0 Å². The summed E-state index contributed by atoms with van der Waals surface area (Å²) in [5.74, 6) is -1.42. The maximum Gasteiger partial charge on any atom is 0.144 e. The zero-order valence-electron chi connectivity index (χ0n) is 10.7. The summed E-state index contributed by atoms with van der Waals surface area (Å²) in [4.78, 5) is 17.2. The van der Waals surface area contributed by atoms with Crippen molar-refractivity contribution >= 4 is 17.1 Å². The number of halogens is 2. The normalized spacial score (nSPS) is 10.7. The molecule has 0 N–H and O–H groups in total. The number of Topliss-reactive ketones (excluding diaryl/α,β-unsaturated/α-hetero) is 1. The largest absolute Gasteiger partial charge is 0.299 e. The Bertz CT molecular complexity index is 582. The number of aryl methyl sites for hydroxylation is 2. The predicted octanol–water partition coefficient (Wildman–Crippen LogP) is 3.39. The van der Waals surface area contributed by atoms with Gasteiger partial charge in [0.15, 0.2) is 0 Å². The third kappa shape index (κ3) is 3.67. The van der Waals surface area contributed by atoms with E-state index in [9.17, 15) is 13.6 Å². The van der Waals surface area contributed by atoms with Gasteiger partial charge in [0.1, 0.15) is 22.4 Å². The van der Waals surface area contributed by atoms with E-state index in [-0.39, 0.29) is 18.6 Å². The smallest absolute Gasteiger partial charge is 0.144 e. The Kier molecular flexibility index (Phi) is 4.04. The number of thiazole rings is 1. The predicted molar refractivity (Wildman–Crippen MR) is 70.4 cm³/mol. The molecule has 2 rings (SSSR count). The average Bonchev–Trinajstić information content (AvgIpc) is 2.55. The lowest BCUT2D eigenvalue weighted by atomic mass is 10.1. The molecule has 0 fully saturated rings. The van der Waals surface area contributed by atoms with Crippen molar-refractivity contribution in [1.29, 1.82) is 0 Å². The first-order chi connectivity index (χ1) is 8.94. The molecule has 0 atom stereocenters. The van der Waals surface area contributed by atoms with Crippen molar-refractivity contribution in [1.82, 2.24) is 4.98 Å². The number of carbonyl (C=O) groups is 1. The minimum Gasteiger partial charge on any atom is -0.299 e. The summed E-state index contributed by atoms with van der Waals surface area (Å²) in [6.45, 7) is 3.84. The molecule has 0 amide bonds. The summed E-state index contributed by atoms with van der Waals surface area (Å²) in [6.07, 6.45) is 0.226. The molecule has 0 aliphatic heterocycles. The molecule has 1 aromatic heterocycles. The Hall–Kier alpha value is -1.62. The van der Waals surface area contributed by atoms with Crippen molar-refractivity contribution in [2.45, 2.75) is 26.7 Å². The number of carbonyl (C=O) groups excluding carboxylic acids is 1. The number of nitrogens with zero attached hydrogens (tertiary/aromatic N) is 1. The maximum absolute atomic E-state index is 13.0. The monoisotopic (exact) mass is 281 g/mol. The quantitative estimate of drug-likeness (QED) is 0.859. The van der Waals surface area contributed by atoms with Crippen LogP contribution in [0.5, 0.6) is 0 Å². The van der Waals surface area contributed by atoms with E-state index in [1.54, 1.807) is 0 Å². The van der Waals surface area contributed by atoms with Crippen molar-refractivity contribution < 1.29 is 13.6 Å². The van der Waals surface area contributed by atoms with Gasteiger partial charge in [0.05, 0.1) is 12.1 Å². The average molecular weight is 281 g/mol. The molecular formula is C14H13F2NOS. The zero-order valence-corrected chi connectivity index (χ0v) is 11.5. The van der Waals surface area contributed by atoms with Gasteiger partial charge in [-0.15, -0.1) is 11.3 Å². The van der Waals surface area contributed by atoms with Crippen molar-refractivity contribution in [2.75, 3.05) is 0 Å². The molecule has 2 nitrogen and oxygen atoms in total. The van der Waals surface area contributed by atoms with Crippen LogP contribution in [0.4, 0.5) is 8.78 Å². The van der Waals surface area contributed by atoms with E-state index < -0.39 is 11.6 Å². The Morgan fingerprint density at radius 2 is 1.79 bits per heavy atom. The fraction of sp³-hybridized carbons (Fsp3) is 0.286. The molecular weight excluding hydrogens is 268 g/mol. The number of ketones is 1. The Labute approximate surface area is 114 Å². The fourth-order valence-corrected chi connectivity index (χ4v) is 2.75. The van der Waals surface area contributed by atoms with Gasteiger partial charge in [-0.3, -0.25) is 4.79 Å². The molecule has 1 heterocycles. The van der Waals surface area contributed by atoms with E-state index in [4.69, 9.17) is 0 Å². The van der Waals surface area contributed by atoms with Gasteiger partial charge in [0, 0.05) is 17.4 Å². The first-order valence-electron chi connectivity index (χ1n) is 5.83. The van der Waals surface area contributed by atoms with E-state index in [0.29, 0.717) is 5.56 Å². The van der Waals surface area contributed by atoms with Gasteiger partial charge >= 0.3 is 0 Å². The lowest BCUT2D eigenvalue weighted by molar-refractivity contribution is -0.117. The van der Waals surface area contributed by atoms with Gasteiger partial charge in [-0.05, 0) is 31.5 Å². The molecule has 0 spiro atoms. The number of benzene rings is 1. The fourth-order valence-electron chi connectivity index (χ4n) is 1.79. The first-order valence-corrected chi connectivity index (χ1v) is 6.65. The third-order valence-corrected chi connectivity index (χ3v) is 3.82. The lowest BCUT2D eigenvalue weighted by Gasteiger charge is -2.01. The van der Waals surface area contributed by atoms with Gasteiger partial charge in [-0.25, -0.2) is 13.8 Å². The molecule has 19 heavy (non-hydrogen) atoms. The molecule has 0 aliphatic rings. The molecule has 100 valence electrons. The standard InChI is InChI=1S/C14H13F2NOS/c1-8-9(2)19-14(17-8)7-13(18)5-10-3-11(15)6-12(16)4-10/h3-4,6H,5,7H2,1-2H3. The highest BCUT2D eigenvalue weighted by molar-refractivity contribution is 7.11. The summed E-state index contributed by atoms with van der Waals surface area (Å²) < 4.78 is 26.0. The van der Waals surface area contributed by atoms with Gasteiger partial charge < -0.3 is 0 Å². The highest BCUT2D eigenvalue weighted by Gasteiger charge is 2.11. The zero-order chi connectivity index (χ0) is 14.0. The van der Waals surface area contributed by atoms with Crippen molar-refractivity contribution in [3.8, 4) is 0 Å². The van der Waals surface area contributed by atoms with Crippen LogP contribution in [0.15, 0.2) is 18.2 Å². The van der Waals surface area contributed by atoms with Crippen LogP contribution < -0.4 is 0 Å². The Morgan fingerprint density at radius 1 is 1.16 bits per heavy atom. The van der Waals surface area contributed by atoms with Crippen LogP contribution in [0.1, 0.15) is 21.1 Å². The van der Waals surface area contributed by atoms with Gasteiger partial charge in [0.25, 0.3) is 0 Å². The highest BCUT2D eigenvalue weighted by Crippen LogP contribution is 2.18. The molecule has 0 aliphatic carbocycles. The summed E-state index contributed by atoms with van der Waals surface area (Å²) in [5.41, 5.74) is 1.28. The Morgan fingerprint density at radius 3 is 2.32 bits per heavy atom. The van der Waals surface area contributed by atoms with Crippen LogP contribution in [-0.2, 0) is 17.6 Å². The second-order valence-electron chi connectivity index (χ2n) is 4.42. The SMILES string of the molecule is Cc1nc(CC(=O)Cc2cc(F)cc(F)c2)sc1C. The Balaban J connectivity index is 2.05. The van der Waals surface area contributed by atoms with Gasteiger partial charge in [-0.1, -0.05) is 0 Å². The molecule has 0 bridgehead atoms. The second kappa shape index (κ2) is 5.57. The second-order valence-corrected chi connectivity index (χ2v) is 5.71. The summed E-state index contributed by atoms with van der Waals surface area (Å²) >= 11 is 1.48. The van der Waals surface area contributed by atoms with E-state index in [1.807, 2.05) is 13.8 Å². The van der Waals surface area contributed by atoms with Crippen LogP contribution in [0.2, 0.25) is 0 Å². The minimum atomic E-state index is -0.663. The molecule has 2 aromatic rings.